The molecule has 1 rings (SSSR count). The summed E-state index contributed by atoms with van der Waals surface area (Å²) in [6, 6.07) is 0. The van der Waals surface area contributed by atoms with E-state index in [1.165, 1.54) is 0 Å². The van der Waals surface area contributed by atoms with Crippen molar-refractivity contribution in [3.05, 3.63) is 12.2 Å². The van der Waals surface area contributed by atoms with Crippen molar-refractivity contribution < 1.29 is 24.5 Å². The summed E-state index contributed by atoms with van der Waals surface area (Å²) >= 11 is 0. The molecule has 0 aromatic heterocycles. The van der Waals surface area contributed by atoms with E-state index in [-0.39, 0.29) is 30.1 Å². The van der Waals surface area contributed by atoms with Gasteiger partial charge in [0, 0.05) is 32.3 Å². The quantitative estimate of drug-likeness (QED) is 0.356. The van der Waals surface area contributed by atoms with Crippen molar-refractivity contribution in [2.24, 2.45) is 11.8 Å². The van der Waals surface area contributed by atoms with E-state index in [9.17, 15) is 14.7 Å². The van der Waals surface area contributed by atoms with E-state index < -0.39 is 12.1 Å². The molecule has 0 bridgehead atoms. The highest BCUT2D eigenvalue weighted by Gasteiger charge is 2.40. The number of methoxy groups -OCH3 is 1. The van der Waals surface area contributed by atoms with Crippen LogP contribution in [-0.2, 0) is 14.3 Å². The summed E-state index contributed by atoms with van der Waals surface area (Å²) in [5.41, 5.74) is 0. The molecule has 0 spiro atoms. The van der Waals surface area contributed by atoms with Crippen LogP contribution < -0.4 is 0 Å². The van der Waals surface area contributed by atoms with Crippen LogP contribution in [0.4, 0.5) is 0 Å². The van der Waals surface area contributed by atoms with Gasteiger partial charge in [-0.3, -0.25) is 9.59 Å². The van der Waals surface area contributed by atoms with E-state index in [1.54, 1.807) is 13.2 Å². The molecule has 0 saturated heterocycles. The van der Waals surface area contributed by atoms with E-state index in [0.717, 1.165) is 44.9 Å². The summed E-state index contributed by atoms with van der Waals surface area (Å²) in [5, 5.41) is 19.1. The lowest BCUT2D eigenvalue weighted by molar-refractivity contribution is -0.137. The molecule has 0 heterocycles. The Morgan fingerprint density at radius 1 is 1.08 bits per heavy atom. The maximum absolute atomic E-state index is 12.0. The molecule has 150 valence electrons. The van der Waals surface area contributed by atoms with Crippen molar-refractivity contribution in [3.63, 3.8) is 0 Å². The molecular formula is C21H36O5. The second-order valence-corrected chi connectivity index (χ2v) is 7.45. The molecule has 1 aliphatic rings. The third-order valence-electron chi connectivity index (χ3n) is 5.40. The van der Waals surface area contributed by atoms with Gasteiger partial charge in [-0.1, -0.05) is 45.1 Å². The Hall–Kier alpha value is -1.20. The Labute approximate surface area is 157 Å². The minimum atomic E-state index is -0.743. The summed E-state index contributed by atoms with van der Waals surface area (Å²) in [4.78, 5) is 22.5. The number of rotatable bonds is 14. The predicted molar refractivity (Wildman–Crippen MR) is 102 cm³/mol. The molecule has 0 aliphatic heterocycles. The Balaban J connectivity index is 2.47. The number of hydrogen-bond donors (Lipinski definition) is 2. The second kappa shape index (κ2) is 13.0. The molecule has 1 fully saturated rings. The lowest BCUT2D eigenvalue weighted by atomic mass is 9.88. The molecule has 1 saturated carbocycles. The van der Waals surface area contributed by atoms with Crippen LogP contribution in [0.1, 0.15) is 77.6 Å². The van der Waals surface area contributed by atoms with E-state index in [0.29, 0.717) is 19.3 Å². The molecule has 2 N–H and O–H groups in total. The van der Waals surface area contributed by atoms with Gasteiger partial charge in [-0.05, 0) is 31.3 Å². The van der Waals surface area contributed by atoms with Crippen LogP contribution in [0.2, 0.25) is 0 Å². The van der Waals surface area contributed by atoms with E-state index >= 15 is 0 Å². The van der Waals surface area contributed by atoms with Crippen molar-refractivity contribution in [1.82, 2.24) is 0 Å². The van der Waals surface area contributed by atoms with E-state index in [4.69, 9.17) is 9.84 Å². The fraction of sp³-hybridized carbons (Fsp3) is 0.810. The van der Waals surface area contributed by atoms with Crippen LogP contribution in [0.5, 0.6) is 0 Å². The average molecular weight is 369 g/mol. The molecule has 5 heteroatoms. The van der Waals surface area contributed by atoms with Gasteiger partial charge in [0.05, 0.1) is 12.2 Å². The first-order chi connectivity index (χ1) is 12.5. The smallest absolute Gasteiger partial charge is 0.303 e. The Morgan fingerprint density at radius 2 is 1.77 bits per heavy atom. The third-order valence-corrected chi connectivity index (χ3v) is 5.40. The van der Waals surface area contributed by atoms with Crippen LogP contribution >= 0.6 is 0 Å². The number of hydrogen-bond acceptors (Lipinski definition) is 4. The number of ketones is 1. The lowest BCUT2D eigenvalue weighted by Gasteiger charge is -2.22. The molecule has 0 aromatic carbocycles. The summed E-state index contributed by atoms with van der Waals surface area (Å²) in [6.07, 6.45) is 12.2. The van der Waals surface area contributed by atoms with E-state index in [2.05, 4.69) is 6.92 Å². The zero-order chi connectivity index (χ0) is 19.4. The largest absolute Gasteiger partial charge is 0.481 e. The second-order valence-electron chi connectivity index (χ2n) is 7.45. The zero-order valence-corrected chi connectivity index (χ0v) is 16.4. The topological polar surface area (TPSA) is 83.8 Å². The molecular weight excluding hydrogens is 332 g/mol. The molecule has 1 aliphatic carbocycles. The number of carbonyl (C=O) groups excluding carboxylic acids is 1. The number of ether oxygens (including phenoxy) is 1. The lowest BCUT2D eigenvalue weighted by Crippen LogP contribution is -2.21. The first-order valence-corrected chi connectivity index (χ1v) is 10.1. The summed E-state index contributed by atoms with van der Waals surface area (Å²) in [5.74, 6) is -0.404. The van der Waals surface area contributed by atoms with Crippen LogP contribution in [0, 0.1) is 11.8 Å². The maximum atomic E-state index is 12.0. The first kappa shape index (κ1) is 22.8. The fourth-order valence-electron chi connectivity index (χ4n) is 3.87. The number of aliphatic hydroxyl groups excluding tert-OH is 1. The fourth-order valence-corrected chi connectivity index (χ4v) is 3.87. The Morgan fingerprint density at radius 3 is 2.42 bits per heavy atom. The summed E-state index contributed by atoms with van der Waals surface area (Å²) < 4.78 is 5.54. The van der Waals surface area contributed by atoms with Crippen molar-refractivity contribution in [2.75, 3.05) is 7.11 Å². The highest BCUT2D eigenvalue weighted by atomic mass is 16.5. The molecule has 0 radical (unpaired) electrons. The standard InChI is InChI=1S/C21H36O5/c1-3-4-7-10-16(22)13-14-18-17(19(23)15-20(18)26-2)11-8-5-6-9-12-21(24)25/h13-14,17-20,23H,3-12,15H2,1-2H3,(H,24,25)/t17-,18-,19+,20-/m1/s1. The van der Waals surface area contributed by atoms with Crippen LogP contribution in [0.15, 0.2) is 12.2 Å². The monoisotopic (exact) mass is 368 g/mol. The number of aliphatic carboxylic acids is 1. The van der Waals surface area contributed by atoms with Crippen molar-refractivity contribution in [3.8, 4) is 0 Å². The van der Waals surface area contributed by atoms with Crippen molar-refractivity contribution >= 4 is 11.8 Å². The molecule has 5 nitrogen and oxygen atoms in total. The number of unbranched alkanes of at least 4 members (excludes halogenated alkanes) is 5. The van der Waals surface area contributed by atoms with Gasteiger partial charge in [0.2, 0.25) is 0 Å². The molecule has 0 aromatic rings. The minimum absolute atomic E-state index is 0.0401. The van der Waals surface area contributed by atoms with Gasteiger partial charge in [-0.2, -0.15) is 0 Å². The van der Waals surface area contributed by atoms with Gasteiger partial charge < -0.3 is 14.9 Å². The van der Waals surface area contributed by atoms with Crippen LogP contribution in [-0.4, -0.2) is 41.3 Å². The molecule has 26 heavy (non-hydrogen) atoms. The van der Waals surface area contributed by atoms with E-state index in [1.807, 2.05) is 6.08 Å². The predicted octanol–water partition coefficient (Wildman–Crippen LogP) is 4.13. The zero-order valence-electron chi connectivity index (χ0n) is 16.4. The molecule has 0 amide bonds. The first-order valence-electron chi connectivity index (χ1n) is 10.1. The highest BCUT2D eigenvalue weighted by Crippen LogP contribution is 2.38. The normalized spacial score (nSPS) is 25.8. The maximum Gasteiger partial charge on any atom is 0.303 e. The minimum Gasteiger partial charge on any atom is -0.481 e. The summed E-state index contributed by atoms with van der Waals surface area (Å²) in [7, 11) is 1.66. The van der Waals surface area contributed by atoms with Gasteiger partial charge >= 0.3 is 5.97 Å². The van der Waals surface area contributed by atoms with Crippen molar-refractivity contribution in [1.29, 1.82) is 0 Å². The SMILES string of the molecule is CCCCCC(=O)C=C[C@@H]1[C@@H](CCCCCCC(=O)O)[C@@H](O)C[C@H]1OC. The number of aliphatic hydroxyl groups is 1. The van der Waals surface area contributed by atoms with Gasteiger partial charge in [0.25, 0.3) is 0 Å². The van der Waals surface area contributed by atoms with Crippen molar-refractivity contribution in [2.45, 2.75) is 89.8 Å². The Kier molecular flexibility index (Phi) is 11.5. The van der Waals surface area contributed by atoms with Gasteiger partial charge in [-0.25, -0.2) is 0 Å². The van der Waals surface area contributed by atoms with Gasteiger partial charge in [-0.15, -0.1) is 0 Å². The van der Waals surface area contributed by atoms with Crippen LogP contribution in [0.3, 0.4) is 0 Å². The number of carbonyl (C=O) groups is 2. The number of allylic oxidation sites excluding steroid dienone is 1. The molecule has 4 atom stereocenters. The Bertz CT molecular complexity index is 446. The van der Waals surface area contributed by atoms with Crippen LogP contribution in [0.25, 0.3) is 0 Å². The highest BCUT2D eigenvalue weighted by molar-refractivity contribution is 5.89. The third kappa shape index (κ3) is 8.45. The van der Waals surface area contributed by atoms with Gasteiger partial charge in [0.1, 0.15) is 0 Å². The number of carboxylic acids is 1. The average Bonchev–Trinajstić information content (AvgIpc) is 2.91. The molecule has 0 unspecified atom stereocenters. The number of carboxylic acid groups (broad SMARTS) is 1. The summed E-state index contributed by atoms with van der Waals surface area (Å²) in [6.45, 7) is 2.12. The van der Waals surface area contributed by atoms with Gasteiger partial charge in [0.15, 0.2) is 5.78 Å².